The summed E-state index contributed by atoms with van der Waals surface area (Å²) in [7, 11) is 0. The average Bonchev–Trinajstić information content (AvgIpc) is 2.56. The van der Waals surface area contributed by atoms with Crippen molar-refractivity contribution in [3.05, 3.63) is 41.5 Å². The summed E-state index contributed by atoms with van der Waals surface area (Å²) >= 11 is 0. The number of ether oxygens (including phenoxy) is 1. The summed E-state index contributed by atoms with van der Waals surface area (Å²) in [6.07, 6.45) is 3.22. The Morgan fingerprint density at radius 3 is 2.78 bits per heavy atom. The molecule has 1 aromatic heterocycles. The van der Waals surface area contributed by atoms with Crippen LogP contribution in [0.15, 0.2) is 24.4 Å². The third-order valence-electron chi connectivity index (χ3n) is 3.94. The van der Waals surface area contributed by atoms with Gasteiger partial charge in [-0.3, -0.25) is 0 Å². The van der Waals surface area contributed by atoms with Crippen LogP contribution in [-0.4, -0.2) is 34.3 Å². The van der Waals surface area contributed by atoms with Gasteiger partial charge >= 0.3 is 5.97 Å². The zero-order valence-corrected chi connectivity index (χ0v) is 12.3. The molecule has 0 radical (unpaired) electrons. The highest BCUT2D eigenvalue weighted by Crippen LogP contribution is 2.31. The third-order valence-corrected chi connectivity index (χ3v) is 3.94. The van der Waals surface area contributed by atoms with Crippen LogP contribution in [-0.2, 0) is 4.74 Å². The highest BCUT2D eigenvalue weighted by atomic mass is 19.1. The normalized spacial score (nSPS) is 15.5. The van der Waals surface area contributed by atoms with Crippen molar-refractivity contribution < 1.29 is 19.0 Å². The van der Waals surface area contributed by atoms with Crippen LogP contribution in [0, 0.1) is 5.82 Å². The SMILES string of the molecule is Nc1ncc(C2CCOCC2)nc1-c1cccc(C(=O)O)c1F. The van der Waals surface area contributed by atoms with Crippen LogP contribution in [0.2, 0.25) is 0 Å². The van der Waals surface area contributed by atoms with E-state index in [4.69, 9.17) is 15.6 Å². The van der Waals surface area contributed by atoms with Gasteiger partial charge in [-0.25, -0.2) is 19.2 Å². The molecule has 3 N–H and O–H groups in total. The van der Waals surface area contributed by atoms with Crippen molar-refractivity contribution in [3.8, 4) is 11.3 Å². The molecule has 1 saturated heterocycles. The maximum atomic E-state index is 14.4. The Labute approximate surface area is 132 Å². The fourth-order valence-corrected chi connectivity index (χ4v) is 2.68. The van der Waals surface area contributed by atoms with Gasteiger partial charge in [-0.05, 0) is 25.0 Å². The second-order valence-electron chi connectivity index (χ2n) is 5.39. The number of rotatable bonds is 3. The molecule has 1 aliphatic rings. The van der Waals surface area contributed by atoms with Gasteiger partial charge in [0.2, 0.25) is 0 Å². The van der Waals surface area contributed by atoms with Crippen LogP contribution in [0.4, 0.5) is 10.2 Å². The first kappa shape index (κ1) is 15.4. The molecular weight excluding hydrogens is 301 g/mol. The number of halogens is 1. The molecule has 1 aromatic carbocycles. The molecule has 0 spiro atoms. The van der Waals surface area contributed by atoms with Gasteiger partial charge in [0.15, 0.2) is 0 Å². The van der Waals surface area contributed by atoms with Crippen LogP contribution in [0.25, 0.3) is 11.3 Å². The Bertz CT molecular complexity index is 745. The molecule has 1 fully saturated rings. The number of carboxylic acid groups (broad SMARTS) is 1. The van der Waals surface area contributed by atoms with Crippen molar-refractivity contribution in [1.29, 1.82) is 0 Å². The van der Waals surface area contributed by atoms with Crippen molar-refractivity contribution in [1.82, 2.24) is 9.97 Å². The summed E-state index contributed by atoms with van der Waals surface area (Å²) in [6.45, 7) is 1.30. The largest absolute Gasteiger partial charge is 0.478 e. The highest BCUT2D eigenvalue weighted by Gasteiger charge is 2.22. The van der Waals surface area contributed by atoms with E-state index in [1.807, 2.05) is 0 Å². The van der Waals surface area contributed by atoms with Gasteiger partial charge in [0.05, 0.1) is 17.5 Å². The lowest BCUT2D eigenvalue weighted by atomic mass is 9.96. The van der Waals surface area contributed by atoms with Gasteiger partial charge in [-0.2, -0.15) is 0 Å². The number of carboxylic acids is 1. The standard InChI is InChI=1S/C16H16FN3O3/c17-13-10(2-1-3-11(13)16(21)22)14-15(18)19-8-12(20-14)9-4-6-23-7-5-9/h1-3,8-9H,4-7H2,(H2,18,19)(H,21,22). The summed E-state index contributed by atoms with van der Waals surface area (Å²) in [4.78, 5) is 19.6. The van der Waals surface area contributed by atoms with Gasteiger partial charge < -0.3 is 15.6 Å². The van der Waals surface area contributed by atoms with Crippen LogP contribution >= 0.6 is 0 Å². The van der Waals surface area contributed by atoms with E-state index in [0.29, 0.717) is 13.2 Å². The van der Waals surface area contributed by atoms with Crippen molar-refractivity contribution in [3.63, 3.8) is 0 Å². The molecule has 23 heavy (non-hydrogen) atoms. The minimum atomic E-state index is -1.34. The Morgan fingerprint density at radius 2 is 2.09 bits per heavy atom. The maximum absolute atomic E-state index is 14.4. The van der Waals surface area contributed by atoms with E-state index in [9.17, 15) is 9.18 Å². The van der Waals surface area contributed by atoms with Crippen molar-refractivity contribution in [2.45, 2.75) is 18.8 Å². The molecule has 0 amide bonds. The zero-order chi connectivity index (χ0) is 16.4. The van der Waals surface area contributed by atoms with Gasteiger partial charge in [-0.1, -0.05) is 6.07 Å². The summed E-state index contributed by atoms with van der Waals surface area (Å²) in [5, 5.41) is 9.04. The maximum Gasteiger partial charge on any atom is 0.338 e. The number of hydrogen-bond acceptors (Lipinski definition) is 5. The van der Waals surface area contributed by atoms with Crippen molar-refractivity contribution >= 4 is 11.8 Å². The molecule has 0 unspecified atom stereocenters. The summed E-state index contributed by atoms with van der Waals surface area (Å²) in [5.41, 5.74) is 6.36. The van der Waals surface area contributed by atoms with Crippen LogP contribution in [0.3, 0.4) is 0 Å². The number of anilines is 1. The predicted octanol–water partition coefficient (Wildman–Crippen LogP) is 2.46. The number of carbonyl (C=O) groups is 1. The summed E-state index contributed by atoms with van der Waals surface area (Å²) in [5.74, 6) is -1.94. The van der Waals surface area contributed by atoms with Gasteiger partial charge in [0, 0.05) is 24.7 Å². The molecule has 2 aromatic rings. The number of hydrogen-bond donors (Lipinski definition) is 2. The Morgan fingerprint density at radius 1 is 1.35 bits per heavy atom. The minimum Gasteiger partial charge on any atom is -0.478 e. The molecule has 0 saturated carbocycles. The van der Waals surface area contributed by atoms with Crippen molar-refractivity contribution in [2.24, 2.45) is 0 Å². The fourth-order valence-electron chi connectivity index (χ4n) is 2.68. The highest BCUT2D eigenvalue weighted by molar-refractivity contribution is 5.90. The molecule has 0 bridgehead atoms. The van der Waals surface area contributed by atoms with E-state index in [0.717, 1.165) is 18.5 Å². The minimum absolute atomic E-state index is 0.0452. The van der Waals surface area contributed by atoms with Gasteiger partial charge in [-0.15, -0.1) is 0 Å². The number of nitrogen functional groups attached to an aromatic ring is 1. The lowest BCUT2D eigenvalue weighted by molar-refractivity contribution is 0.0692. The third kappa shape index (κ3) is 3.00. The molecule has 6 nitrogen and oxygen atoms in total. The monoisotopic (exact) mass is 317 g/mol. The quantitative estimate of drug-likeness (QED) is 0.902. The van der Waals surface area contributed by atoms with Crippen LogP contribution in [0.5, 0.6) is 0 Å². The Balaban J connectivity index is 2.06. The molecule has 0 atom stereocenters. The number of benzene rings is 1. The molecule has 7 heteroatoms. The number of aromatic nitrogens is 2. The van der Waals surface area contributed by atoms with Gasteiger partial charge in [0.25, 0.3) is 0 Å². The molecule has 0 aliphatic carbocycles. The topological polar surface area (TPSA) is 98.3 Å². The first-order chi connectivity index (χ1) is 11.1. The predicted molar refractivity (Wildman–Crippen MR) is 81.6 cm³/mol. The van der Waals surface area contributed by atoms with E-state index in [1.165, 1.54) is 18.2 Å². The first-order valence-corrected chi connectivity index (χ1v) is 7.30. The zero-order valence-electron chi connectivity index (χ0n) is 12.3. The lowest BCUT2D eigenvalue weighted by Gasteiger charge is -2.22. The fraction of sp³-hybridized carbons (Fsp3) is 0.312. The number of nitrogens with two attached hydrogens (primary N) is 1. The molecule has 120 valence electrons. The van der Waals surface area contributed by atoms with E-state index in [-0.39, 0.29) is 23.0 Å². The van der Waals surface area contributed by atoms with Gasteiger partial charge in [0.1, 0.15) is 17.3 Å². The Hall–Kier alpha value is -2.54. The molecule has 1 aliphatic heterocycles. The van der Waals surface area contributed by atoms with Crippen LogP contribution in [0.1, 0.15) is 34.8 Å². The van der Waals surface area contributed by atoms with Crippen molar-refractivity contribution in [2.75, 3.05) is 18.9 Å². The van der Waals surface area contributed by atoms with E-state index < -0.39 is 17.3 Å². The number of nitrogens with zero attached hydrogens (tertiary/aromatic N) is 2. The smallest absolute Gasteiger partial charge is 0.338 e. The van der Waals surface area contributed by atoms with E-state index >= 15 is 0 Å². The first-order valence-electron chi connectivity index (χ1n) is 7.30. The Kier molecular flexibility index (Phi) is 4.20. The molecule has 3 rings (SSSR count). The van der Waals surface area contributed by atoms with E-state index in [2.05, 4.69) is 9.97 Å². The summed E-state index contributed by atoms with van der Waals surface area (Å²) < 4.78 is 19.8. The van der Waals surface area contributed by atoms with E-state index in [1.54, 1.807) is 6.20 Å². The summed E-state index contributed by atoms with van der Waals surface area (Å²) in [6, 6.07) is 4.12. The lowest BCUT2D eigenvalue weighted by Crippen LogP contribution is -2.16. The molecular formula is C16H16FN3O3. The second kappa shape index (κ2) is 6.29. The average molecular weight is 317 g/mol. The van der Waals surface area contributed by atoms with Crippen LogP contribution < -0.4 is 5.73 Å². The second-order valence-corrected chi connectivity index (χ2v) is 5.39. The molecule has 2 heterocycles. The number of aromatic carboxylic acids is 1.